The standard InChI is InChI=1S/C22H24N2O5/c1-28-20(25)14-23-21(26)15-6-10-17(11-7-15)24-22(27)16-8-12-19(13-9-16)29-18-4-2-3-5-18/h6-13,18H,2-5,14H2,1H3,(H,23,26)(H,24,27). The number of ether oxygens (including phenoxy) is 2. The number of nitrogens with one attached hydrogen (secondary N) is 2. The van der Waals surface area contributed by atoms with Crippen molar-refractivity contribution in [3.05, 3.63) is 59.7 Å². The summed E-state index contributed by atoms with van der Waals surface area (Å²) in [5.74, 6) is -0.399. The van der Waals surface area contributed by atoms with Gasteiger partial charge in [0.15, 0.2) is 0 Å². The molecule has 1 saturated carbocycles. The lowest BCUT2D eigenvalue weighted by Gasteiger charge is -2.13. The molecule has 0 heterocycles. The third-order valence-electron chi connectivity index (χ3n) is 4.75. The van der Waals surface area contributed by atoms with Gasteiger partial charge < -0.3 is 20.1 Å². The summed E-state index contributed by atoms with van der Waals surface area (Å²) in [5, 5.41) is 5.24. The van der Waals surface area contributed by atoms with E-state index >= 15 is 0 Å². The monoisotopic (exact) mass is 396 g/mol. The Bertz CT molecular complexity index is 856. The van der Waals surface area contributed by atoms with Gasteiger partial charge in [0.25, 0.3) is 11.8 Å². The highest BCUT2D eigenvalue weighted by molar-refractivity contribution is 6.04. The van der Waals surface area contributed by atoms with Crippen molar-refractivity contribution >= 4 is 23.5 Å². The molecule has 3 rings (SSSR count). The summed E-state index contributed by atoms with van der Waals surface area (Å²) in [6.45, 7) is -0.200. The van der Waals surface area contributed by atoms with Crippen molar-refractivity contribution in [3.63, 3.8) is 0 Å². The number of anilines is 1. The number of esters is 1. The van der Waals surface area contributed by atoms with Crippen molar-refractivity contribution in [3.8, 4) is 5.75 Å². The van der Waals surface area contributed by atoms with Crippen LogP contribution in [0.4, 0.5) is 5.69 Å². The lowest BCUT2D eigenvalue weighted by molar-refractivity contribution is -0.139. The highest BCUT2D eigenvalue weighted by atomic mass is 16.5. The van der Waals surface area contributed by atoms with Crippen molar-refractivity contribution in [2.24, 2.45) is 0 Å². The number of methoxy groups -OCH3 is 1. The van der Waals surface area contributed by atoms with E-state index in [0.29, 0.717) is 16.8 Å². The van der Waals surface area contributed by atoms with Gasteiger partial charge in [0.05, 0.1) is 13.2 Å². The number of hydrogen-bond acceptors (Lipinski definition) is 5. The fourth-order valence-corrected chi connectivity index (χ4v) is 3.12. The van der Waals surface area contributed by atoms with Crippen LogP contribution in [0.1, 0.15) is 46.4 Å². The van der Waals surface area contributed by atoms with Crippen LogP contribution in [-0.2, 0) is 9.53 Å². The lowest BCUT2D eigenvalue weighted by Crippen LogP contribution is -2.30. The minimum absolute atomic E-state index is 0.200. The van der Waals surface area contributed by atoms with E-state index < -0.39 is 11.9 Å². The minimum atomic E-state index is -0.526. The van der Waals surface area contributed by atoms with Crippen LogP contribution in [0.3, 0.4) is 0 Å². The molecule has 1 fully saturated rings. The zero-order valence-corrected chi connectivity index (χ0v) is 16.3. The van der Waals surface area contributed by atoms with E-state index in [9.17, 15) is 14.4 Å². The molecule has 29 heavy (non-hydrogen) atoms. The van der Waals surface area contributed by atoms with Gasteiger partial charge in [-0.1, -0.05) is 0 Å². The maximum atomic E-state index is 12.4. The van der Waals surface area contributed by atoms with Crippen molar-refractivity contribution in [2.75, 3.05) is 19.0 Å². The average molecular weight is 396 g/mol. The van der Waals surface area contributed by atoms with E-state index in [-0.39, 0.29) is 18.6 Å². The predicted molar refractivity (Wildman–Crippen MR) is 108 cm³/mol. The molecule has 0 atom stereocenters. The molecule has 2 aromatic rings. The van der Waals surface area contributed by atoms with Crippen LogP contribution in [0, 0.1) is 0 Å². The molecule has 0 aliphatic heterocycles. The van der Waals surface area contributed by atoms with Crippen LogP contribution in [0.5, 0.6) is 5.75 Å². The van der Waals surface area contributed by atoms with E-state index in [1.807, 2.05) is 12.1 Å². The van der Waals surface area contributed by atoms with Crippen LogP contribution in [0.15, 0.2) is 48.5 Å². The number of carbonyl (C=O) groups is 3. The Hall–Kier alpha value is -3.35. The predicted octanol–water partition coefficient (Wildman–Crippen LogP) is 3.16. The molecule has 2 aromatic carbocycles. The van der Waals surface area contributed by atoms with Gasteiger partial charge in [-0.2, -0.15) is 0 Å². The topological polar surface area (TPSA) is 93.7 Å². The molecule has 152 valence electrons. The van der Waals surface area contributed by atoms with Gasteiger partial charge in [0.2, 0.25) is 0 Å². The van der Waals surface area contributed by atoms with Crippen LogP contribution < -0.4 is 15.4 Å². The maximum absolute atomic E-state index is 12.4. The summed E-state index contributed by atoms with van der Waals surface area (Å²) in [5.41, 5.74) is 1.45. The lowest BCUT2D eigenvalue weighted by atomic mass is 10.1. The average Bonchev–Trinajstić information content (AvgIpc) is 3.25. The van der Waals surface area contributed by atoms with Crippen LogP contribution >= 0.6 is 0 Å². The summed E-state index contributed by atoms with van der Waals surface area (Å²) in [6, 6.07) is 13.5. The summed E-state index contributed by atoms with van der Waals surface area (Å²) < 4.78 is 10.4. The third kappa shape index (κ3) is 5.81. The largest absolute Gasteiger partial charge is 0.490 e. The smallest absolute Gasteiger partial charge is 0.325 e. The van der Waals surface area contributed by atoms with Crippen LogP contribution in [0.25, 0.3) is 0 Å². The highest BCUT2D eigenvalue weighted by Gasteiger charge is 2.16. The van der Waals surface area contributed by atoms with Crippen molar-refractivity contribution in [1.82, 2.24) is 5.32 Å². The molecule has 2 amide bonds. The fraction of sp³-hybridized carbons (Fsp3) is 0.318. The Labute approximate surface area is 169 Å². The number of benzene rings is 2. The molecule has 0 unspecified atom stereocenters. The van der Waals surface area contributed by atoms with Crippen LogP contribution in [-0.4, -0.2) is 37.5 Å². The first-order valence-electron chi connectivity index (χ1n) is 9.58. The second kappa shape index (κ2) is 9.73. The van der Waals surface area contributed by atoms with Crippen LogP contribution in [0.2, 0.25) is 0 Å². The number of rotatable bonds is 7. The minimum Gasteiger partial charge on any atom is -0.490 e. The first-order chi connectivity index (χ1) is 14.0. The Morgan fingerprint density at radius 2 is 1.48 bits per heavy atom. The summed E-state index contributed by atoms with van der Waals surface area (Å²) in [4.78, 5) is 35.4. The quantitative estimate of drug-likeness (QED) is 0.701. The number of hydrogen-bond donors (Lipinski definition) is 2. The Morgan fingerprint density at radius 1 is 0.897 bits per heavy atom. The van der Waals surface area contributed by atoms with E-state index in [0.717, 1.165) is 18.6 Å². The first kappa shape index (κ1) is 20.4. The molecule has 7 heteroatoms. The van der Waals surface area contributed by atoms with E-state index in [1.165, 1.54) is 20.0 Å². The van der Waals surface area contributed by atoms with Gasteiger partial charge >= 0.3 is 5.97 Å². The van der Waals surface area contributed by atoms with Gasteiger partial charge in [0, 0.05) is 16.8 Å². The van der Waals surface area contributed by atoms with Gasteiger partial charge in [-0.05, 0) is 74.2 Å². The van der Waals surface area contributed by atoms with Crippen molar-refractivity contribution in [1.29, 1.82) is 0 Å². The molecule has 2 N–H and O–H groups in total. The van der Waals surface area contributed by atoms with Crippen molar-refractivity contribution in [2.45, 2.75) is 31.8 Å². The fourth-order valence-electron chi connectivity index (χ4n) is 3.12. The second-order valence-corrected chi connectivity index (χ2v) is 6.84. The van der Waals surface area contributed by atoms with Gasteiger partial charge in [-0.3, -0.25) is 14.4 Å². The summed E-state index contributed by atoms with van der Waals surface area (Å²) in [6.07, 6.45) is 4.85. The normalized spacial score (nSPS) is 13.6. The molecular formula is C22H24N2O5. The molecule has 7 nitrogen and oxygen atoms in total. The van der Waals surface area contributed by atoms with Gasteiger partial charge in [-0.15, -0.1) is 0 Å². The first-order valence-corrected chi connectivity index (χ1v) is 9.58. The van der Waals surface area contributed by atoms with Crippen molar-refractivity contribution < 1.29 is 23.9 Å². The summed E-state index contributed by atoms with van der Waals surface area (Å²) in [7, 11) is 1.25. The molecule has 0 spiro atoms. The molecule has 0 saturated heterocycles. The maximum Gasteiger partial charge on any atom is 0.325 e. The van der Waals surface area contributed by atoms with E-state index in [2.05, 4.69) is 15.4 Å². The number of carbonyl (C=O) groups excluding carboxylic acids is 3. The third-order valence-corrected chi connectivity index (χ3v) is 4.75. The molecule has 0 bridgehead atoms. The zero-order valence-electron chi connectivity index (χ0n) is 16.3. The van der Waals surface area contributed by atoms with E-state index in [4.69, 9.17) is 4.74 Å². The summed E-state index contributed by atoms with van der Waals surface area (Å²) >= 11 is 0. The Kier molecular flexibility index (Phi) is 6.84. The highest BCUT2D eigenvalue weighted by Crippen LogP contribution is 2.24. The molecule has 1 aliphatic rings. The Balaban J connectivity index is 1.53. The van der Waals surface area contributed by atoms with Gasteiger partial charge in [-0.25, -0.2) is 0 Å². The van der Waals surface area contributed by atoms with E-state index in [1.54, 1.807) is 36.4 Å². The molecule has 1 aliphatic carbocycles. The molecular weight excluding hydrogens is 372 g/mol. The second-order valence-electron chi connectivity index (χ2n) is 6.84. The Morgan fingerprint density at radius 3 is 2.10 bits per heavy atom. The zero-order chi connectivity index (χ0) is 20.6. The SMILES string of the molecule is COC(=O)CNC(=O)c1ccc(NC(=O)c2ccc(OC3CCCC3)cc2)cc1. The molecule has 0 radical (unpaired) electrons. The van der Waals surface area contributed by atoms with Gasteiger partial charge in [0.1, 0.15) is 12.3 Å². The number of amides is 2. The molecule has 0 aromatic heterocycles.